The molecule has 8 heteroatoms. The van der Waals surface area contributed by atoms with Crippen LogP contribution in [-0.2, 0) is 4.74 Å². The number of likely N-dealkylation sites (tertiary alicyclic amines) is 1. The average Bonchev–Trinajstić information content (AvgIpc) is 2.89. The number of hydrogen-bond donors (Lipinski definition) is 0. The zero-order valence-electron chi connectivity index (χ0n) is 17.9. The van der Waals surface area contributed by atoms with Crippen LogP contribution >= 0.6 is 0 Å². The van der Waals surface area contributed by atoms with Gasteiger partial charge in [0.15, 0.2) is 0 Å². The molecule has 5 rings (SSSR count). The summed E-state index contributed by atoms with van der Waals surface area (Å²) < 4.78 is 5.49. The van der Waals surface area contributed by atoms with Crippen molar-refractivity contribution in [1.29, 1.82) is 0 Å². The molecule has 164 valence electrons. The van der Waals surface area contributed by atoms with Crippen LogP contribution in [0.15, 0.2) is 55.2 Å². The van der Waals surface area contributed by atoms with Crippen molar-refractivity contribution in [2.75, 3.05) is 44.3 Å². The summed E-state index contributed by atoms with van der Waals surface area (Å²) in [4.78, 5) is 35.2. The van der Waals surface area contributed by atoms with Crippen LogP contribution in [0.25, 0.3) is 11.1 Å². The molecule has 0 radical (unpaired) electrons. The van der Waals surface area contributed by atoms with E-state index in [1.54, 1.807) is 30.7 Å². The van der Waals surface area contributed by atoms with E-state index in [0.29, 0.717) is 25.3 Å². The third-order valence-corrected chi connectivity index (χ3v) is 6.09. The van der Waals surface area contributed by atoms with Crippen molar-refractivity contribution in [3.8, 4) is 11.1 Å². The number of pyridine rings is 2. The number of nitrogens with zero attached hydrogens (tertiary/aromatic N) is 6. The number of aromatic nitrogens is 4. The summed E-state index contributed by atoms with van der Waals surface area (Å²) in [5.41, 5.74) is 3.64. The van der Waals surface area contributed by atoms with Gasteiger partial charge in [-0.05, 0) is 31.0 Å². The van der Waals surface area contributed by atoms with E-state index in [1.165, 1.54) is 0 Å². The van der Waals surface area contributed by atoms with Crippen LogP contribution in [0.4, 0.5) is 5.95 Å². The number of morpholine rings is 1. The Balaban J connectivity index is 1.47. The predicted octanol–water partition coefficient (Wildman–Crippen LogP) is 2.79. The highest BCUT2D eigenvalue weighted by Crippen LogP contribution is 2.34. The van der Waals surface area contributed by atoms with E-state index >= 15 is 0 Å². The Morgan fingerprint density at radius 3 is 2.62 bits per heavy atom. The van der Waals surface area contributed by atoms with E-state index in [1.807, 2.05) is 29.4 Å². The van der Waals surface area contributed by atoms with Crippen molar-refractivity contribution in [3.05, 3.63) is 66.5 Å². The topological polar surface area (TPSA) is 84.3 Å². The van der Waals surface area contributed by atoms with E-state index in [0.717, 1.165) is 55.2 Å². The molecule has 5 heterocycles. The van der Waals surface area contributed by atoms with Gasteiger partial charge < -0.3 is 14.5 Å². The molecular weight excluding hydrogens is 404 g/mol. The largest absolute Gasteiger partial charge is 0.378 e. The van der Waals surface area contributed by atoms with Crippen molar-refractivity contribution < 1.29 is 9.53 Å². The molecule has 2 aliphatic heterocycles. The summed E-state index contributed by atoms with van der Waals surface area (Å²) in [6.07, 6.45) is 10.8. The molecule has 1 unspecified atom stereocenters. The molecule has 0 spiro atoms. The monoisotopic (exact) mass is 430 g/mol. The minimum Gasteiger partial charge on any atom is -0.378 e. The molecule has 3 aromatic rings. The Kier molecular flexibility index (Phi) is 6.02. The number of carbonyl (C=O) groups excluding carboxylic acids is 1. The van der Waals surface area contributed by atoms with Gasteiger partial charge in [-0.3, -0.25) is 14.8 Å². The molecular formula is C24H26N6O2. The van der Waals surface area contributed by atoms with E-state index < -0.39 is 0 Å². The molecule has 0 N–H and O–H groups in total. The zero-order valence-corrected chi connectivity index (χ0v) is 17.9. The standard InChI is InChI=1S/C24H26N6O2/c31-23(18-5-8-25-9-6-18)30-10-2-4-20(17-30)22-21(19-3-1-7-26-15-19)16-27-24(28-22)29-11-13-32-14-12-29/h1,3,5-9,15-16,20H,2,4,10-14,17H2. The first-order valence-electron chi connectivity index (χ1n) is 11.1. The van der Waals surface area contributed by atoms with Crippen molar-refractivity contribution in [3.63, 3.8) is 0 Å². The SMILES string of the molecule is O=C(c1ccncc1)N1CCCC(c2nc(N3CCOCC3)ncc2-c2cccnc2)C1. The normalized spacial score (nSPS) is 19.1. The van der Waals surface area contributed by atoms with Crippen molar-refractivity contribution in [2.24, 2.45) is 0 Å². The summed E-state index contributed by atoms with van der Waals surface area (Å²) in [6, 6.07) is 7.50. The van der Waals surface area contributed by atoms with E-state index in [2.05, 4.69) is 19.9 Å². The maximum absolute atomic E-state index is 13.1. The lowest BCUT2D eigenvalue weighted by atomic mass is 9.90. The van der Waals surface area contributed by atoms with E-state index in [9.17, 15) is 4.79 Å². The Hall–Kier alpha value is -3.39. The van der Waals surface area contributed by atoms with Crippen LogP contribution in [0.2, 0.25) is 0 Å². The molecule has 1 amide bonds. The molecule has 0 aromatic carbocycles. The summed E-state index contributed by atoms with van der Waals surface area (Å²) in [6.45, 7) is 4.31. The Labute approximate surface area is 187 Å². The quantitative estimate of drug-likeness (QED) is 0.629. The fourth-order valence-electron chi connectivity index (χ4n) is 4.42. The van der Waals surface area contributed by atoms with Gasteiger partial charge in [-0.1, -0.05) is 6.07 Å². The Morgan fingerprint density at radius 2 is 1.84 bits per heavy atom. The van der Waals surface area contributed by atoms with Crippen molar-refractivity contribution in [1.82, 2.24) is 24.8 Å². The molecule has 0 aliphatic carbocycles. The zero-order chi connectivity index (χ0) is 21.8. The number of amides is 1. The van der Waals surface area contributed by atoms with Crippen LogP contribution < -0.4 is 4.90 Å². The van der Waals surface area contributed by atoms with Gasteiger partial charge in [-0.2, -0.15) is 0 Å². The third kappa shape index (κ3) is 4.31. The van der Waals surface area contributed by atoms with Gasteiger partial charge in [0.1, 0.15) is 0 Å². The number of carbonyl (C=O) groups is 1. The van der Waals surface area contributed by atoms with Gasteiger partial charge in [0.2, 0.25) is 5.95 Å². The number of piperidine rings is 1. The van der Waals surface area contributed by atoms with E-state index in [4.69, 9.17) is 9.72 Å². The maximum atomic E-state index is 13.1. The molecule has 32 heavy (non-hydrogen) atoms. The number of ether oxygens (including phenoxy) is 1. The molecule has 0 saturated carbocycles. The Morgan fingerprint density at radius 1 is 1.00 bits per heavy atom. The second-order valence-corrected chi connectivity index (χ2v) is 8.14. The molecule has 2 saturated heterocycles. The third-order valence-electron chi connectivity index (χ3n) is 6.09. The lowest BCUT2D eigenvalue weighted by Crippen LogP contribution is -2.40. The summed E-state index contributed by atoms with van der Waals surface area (Å²) in [5.74, 6) is 0.906. The van der Waals surface area contributed by atoms with Crippen LogP contribution in [0.5, 0.6) is 0 Å². The number of rotatable bonds is 4. The molecule has 1 atom stereocenters. The molecule has 0 bridgehead atoms. The van der Waals surface area contributed by atoms with Crippen LogP contribution in [0, 0.1) is 0 Å². The first-order valence-corrected chi connectivity index (χ1v) is 11.1. The lowest BCUT2D eigenvalue weighted by Gasteiger charge is -2.34. The first kappa shape index (κ1) is 20.5. The van der Waals surface area contributed by atoms with Gasteiger partial charge in [-0.25, -0.2) is 9.97 Å². The number of anilines is 1. The minimum absolute atomic E-state index is 0.0440. The Bertz CT molecular complexity index is 1060. The van der Waals surface area contributed by atoms with Gasteiger partial charge in [0.05, 0.1) is 18.9 Å². The van der Waals surface area contributed by atoms with Gasteiger partial charge in [-0.15, -0.1) is 0 Å². The summed E-state index contributed by atoms with van der Waals surface area (Å²) in [7, 11) is 0. The summed E-state index contributed by atoms with van der Waals surface area (Å²) in [5, 5.41) is 0. The van der Waals surface area contributed by atoms with Gasteiger partial charge in [0, 0.05) is 79.8 Å². The van der Waals surface area contributed by atoms with E-state index in [-0.39, 0.29) is 11.8 Å². The fraction of sp³-hybridized carbons (Fsp3) is 0.375. The van der Waals surface area contributed by atoms with Crippen molar-refractivity contribution >= 4 is 11.9 Å². The highest BCUT2D eigenvalue weighted by Gasteiger charge is 2.29. The fourth-order valence-corrected chi connectivity index (χ4v) is 4.42. The molecule has 3 aromatic heterocycles. The summed E-state index contributed by atoms with van der Waals surface area (Å²) >= 11 is 0. The second-order valence-electron chi connectivity index (χ2n) is 8.14. The highest BCUT2D eigenvalue weighted by atomic mass is 16.5. The lowest BCUT2D eigenvalue weighted by molar-refractivity contribution is 0.0706. The van der Waals surface area contributed by atoms with Crippen LogP contribution in [0.1, 0.15) is 34.8 Å². The number of hydrogen-bond acceptors (Lipinski definition) is 7. The molecule has 8 nitrogen and oxygen atoms in total. The molecule has 2 aliphatic rings. The van der Waals surface area contributed by atoms with Gasteiger partial charge >= 0.3 is 0 Å². The van der Waals surface area contributed by atoms with Crippen LogP contribution in [0.3, 0.4) is 0 Å². The predicted molar refractivity (Wildman–Crippen MR) is 120 cm³/mol. The molecule has 2 fully saturated rings. The smallest absolute Gasteiger partial charge is 0.253 e. The first-order chi connectivity index (χ1) is 15.8. The highest BCUT2D eigenvalue weighted by molar-refractivity contribution is 5.94. The van der Waals surface area contributed by atoms with Crippen LogP contribution in [-0.4, -0.2) is 70.1 Å². The maximum Gasteiger partial charge on any atom is 0.253 e. The second kappa shape index (κ2) is 9.40. The average molecular weight is 431 g/mol. The minimum atomic E-state index is 0.0440. The van der Waals surface area contributed by atoms with Gasteiger partial charge in [0.25, 0.3) is 5.91 Å². The van der Waals surface area contributed by atoms with Crippen molar-refractivity contribution in [2.45, 2.75) is 18.8 Å².